The van der Waals surface area contributed by atoms with Crippen molar-refractivity contribution in [3.8, 4) is 0 Å². The quantitative estimate of drug-likeness (QED) is 0.834. The summed E-state index contributed by atoms with van der Waals surface area (Å²) in [6.07, 6.45) is 0. The fraction of sp³-hybridized carbons (Fsp3) is 0.300. The standard InChI is InChI=1S/C10H11BrN2O/c1-2-13-6-9(14)12-8-5-3-4-7(11)10(8)13/h3-5H,2,6H2,1H3,(H,12,14). The van der Waals surface area contributed by atoms with Gasteiger partial charge in [-0.2, -0.15) is 0 Å². The smallest absolute Gasteiger partial charge is 0.243 e. The van der Waals surface area contributed by atoms with Gasteiger partial charge in [-0.1, -0.05) is 6.07 Å². The zero-order valence-corrected chi connectivity index (χ0v) is 9.47. The molecule has 0 radical (unpaired) electrons. The third-order valence-electron chi connectivity index (χ3n) is 2.29. The van der Waals surface area contributed by atoms with Crippen LogP contribution in [0.4, 0.5) is 11.4 Å². The maximum absolute atomic E-state index is 11.3. The zero-order valence-electron chi connectivity index (χ0n) is 7.88. The van der Waals surface area contributed by atoms with Crippen molar-refractivity contribution in [3.05, 3.63) is 22.7 Å². The molecular weight excluding hydrogens is 244 g/mol. The molecule has 0 spiro atoms. The molecule has 0 saturated heterocycles. The Morgan fingerprint density at radius 3 is 3.07 bits per heavy atom. The first-order valence-electron chi connectivity index (χ1n) is 4.55. The van der Waals surface area contributed by atoms with E-state index in [1.165, 1.54) is 0 Å². The summed E-state index contributed by atoms with van der Waals surface area (Å²) in [4.78, 5) is 13.4. The number of rotatable bonds is 1. The highest BCUT2D eigenvalue weighted by Gasteiger charge is 2.22. The number of anilines is 2. The Labute approximate surface area is 91.2 Å². The molecule has 0 atom stereocenters. The van der Waals surface area contributed by atoms with Crippen LogP contribution in [0.3, 0.4) is 0 Å². The predicted molar refractivity (Wildman–Crippen MR) is 60.7 cm³/mol. The van der Waals surface area contributed by atoms with Crippen molar-refractivity contribution < 1.29 is 4.79 Å². The van der Waals surface area contributed by atoms with Crippen molar-refractivity contribution in [2.24, 2.45) is 0 Å². The van der Waals surface area contributed by atoms with Crippen LogP contribution in [-0.2, 0) is 4.79 Å². The van der Waals surface area contributed by atoms with Crippen molar-refractivity contribution in [1.29, 1.82) is 0 Å². The number of hydrogen-bond acceptors (Lipinski definition) is 2. The van der Waals surface area contributed by atoms with Crippen molar-refractivity contribution in [2.45, 2.75) is 6.92 Å². The number of nitrogens with one attached hydrogen (secondary N) is 1. The number of hydrogen-bond donors (Lipinski definition) is 1. The molecule has 0 aliphatic carbocycles. The minimum Gasteiger partial charge on any atom is -0.360 e. The van der Waals surface area contributed by atoms with Gasteiger partial charge in [0.25, 0.3) is 0 Å². The van der Waals surface area contributed by atoms with Gasteiger partial charge in [-0.3, -0.25) is 4.79 Å². The maximum Gasteiger partial charge on any atom is 0.243 e. The molecule has 4 heteroatoms. The van der Waals surface area contributed by atoms with Gasteiger partial charge in [-0.15, -0.1) is 0 Å². The molecule has 1 heterocycles. The number of fused-ring (bicyclic) bond motifs is 1. The van der Waals surface area contributed by atoms with Gasteiger partial charge in [0.05, 0.1) is 17.9 Å². The second-order valence-electron chi connectivity index (χ2n) is 3.20. The van der Waals surface area contributed by atoms with Crippen LogP contribution in [0.5, 0.6) is 0 Å². The summed E-state index contributed by atoms with van der Waals surface area (Å²) in [6, 6.07) is 5.82. The van der Waals surface area contributed by atoms with Gasteiger partial charge >= 0.3 is 0 Å². The average molecular weight is 255 g/mol. The number of likely N-dealkylation sites (N-methyl/N-ethyl adjacent to an activating group) is 1. The van der Waals surface area contributed by atoms with E-state index in [2.05, 4.69) is 26.1 Å². The molecule has 1 amide bonds. The van der Waals surface area contributed by atoms with Crippen LogP contribution >= 0.6 is 15.9 Å². The highest BCUT2D eigenvalue weighted by Crippen LogP contribution is 2.36. The van der Waals surface area contributed by atoms with E-state index in [0.717, 1.165) is 22.4 Å². The van der Waals surface area contributed by atoms with E-state index in [9.17, 15) is 4.79 Å². The van der Waals surface area contributed by atoms with Crippen LogP contribution in [0.25, 0.3) is 0 Å². The summed E-state index contributed by atoms with van der Waals surface area (Å²) in [5.41, 5.74) is 1.96. The molecule has 3 nitrogen and oxygen atoms in total. The highest BCUT2D eigenvalue weighted by molar-refractivity contribution is 9.10. The molecule has 1 N–H and O–H groups in total. The average Bonchev–Trinajstić information content (AvgIpc) is 2.16. The second-order valence-corrected chi connectivity index (χ2v) is 4.05. The lowest BCUT2D eigenvalue weighted by molar-refractivity contribution is -0.115. The molecule has 1 aliphatic rings. The Kier molecular flexibility index (Phi) is 2.46. The Bertz CT molecular complexity index is 378. The van der Waals surface area contributed by atoms with Crippen molar-refractivity contribution in [2.75, 3.05) is 23.3 Å². The maximum atomic E-state index is 11.3. The van der Waals surface area contributed by atoms with E-state index < -0.39 is 0 Å². The van der Waals surface area contributed by atoms with Crippen LogP contribution in [0.1, 0.15) is 6.92 Å². The lowest BCUT2D eigenvalue weighted by Gasteiger charge is -2.30. The van der Waals surface area contributed by atoms with Gasteiger partial charge in [0.15, 0.2) is 0 Å². The minimum absolute atomic E-state index is 0.0532. The number of para-hydroxylation sites is 1. The lowest BCUT2D eigenvalue weighted by atomic mass is 10.2. The van der Waals surface area contributed by atoms with Crippen LogP contribution in [0.15, 0.2) is 22.7 Å². The predicted octanol–water partition coefficient (Wildman–Crippen LogP) is 2.23. The molecule has 1 aromatic carbocycles. The monoisotopic (exact) mass is 254 g/mol. The molecule has 2 rings (SSSR count). The summed E-state index contributed by atoms with van der Waals surface area (Å²) in [6.45, 7) is 3.32. The van der Waals surface area contributed by atoms with Crippen LogP contribution < -0.4 is 10.2 Å². The van der Waals surface area contributed by atoms with Gasteiger partial charge in [0.2, 0.25) is 5.91 Å². The SMILES string of the molecule is CCN1CC(=O)Nc2cccc(Br)c21. The normalized spacial score (nSPS) is 15.0. The third-order valence-corrected chi connectivity index (χ3v) is 2.93. The molecule has 1 aliphatic heterocycles. The first-order chi connectivity index (χ1) is 6.72. The lowest BCUT2D eigenvalue weighted by Crippen LogP contribution is -2.38. The Balaban J connectivity index is 2.51. The Morgan fingerprint density at radius 1 is 1.57 bits per heavy atom. The summed E-state index contributed by atoms with van der Waals surface area (Å²) in [5, 5.41) is 2.85. The fourth-order valence-corrected chi connectivity index (χ4v) is 2.27. The highest BCUT2D eigenvalue weighted by atomic mass is 79.9. The third kappa shape index (κ3) is 1.50. The Hall–Kier alpha value is -1.03. The first kappa shape index (κ1) is 9.52. The number of halogens is 1. The van der Waals surface area contributed by atoms with Crippen molar-refractivity contribution >= 4 is 33.2 Å². The molecule has 0 saturated carbocycles. The number of nitrogens with zero attached hydrogens (tertiary/aromatic N) is 1. The number of carbonyl (C=O) groups is 1. The summed E-state index contributed by atoms with van der Waals surface area (Å²) in [5.74, 6) is 0.0532. The number of carbonyl (C=O) groups excluding carboxylic acids is 1. The van der Waals surface area contributed by atoms with Crippen molar-refractivity contribution in [1.82, 2.24) is 0 Å². The Morgan fingerprint density at radius 2 is 2.36 bits per heavy atom. The van der Waals surface area contributed by atoms with Gasteiger partial charge in [-0.25, -0.2) is 0 Å². The largest absolute Gasteiger partial charge is 0.360 e. The fourth-order valence-electron chi connectivity index (χ4n) is 1.65. The van der Waals surface area contributed by atoms with E-state index in [1.54, 1.807) is 0 Å². The molecule has 74 valence electrons. The molecule has 0 bridgehead atoms. The minimum atomic E-state index is 0.0532. The first-order valence-corrected chi connectivity index (χ1v) is 5.35. The van der Waals surface area contributed by atoms with E-state index in [1.807, 2.05) is 25.1 Å². The molecule has 0 fully saturated rings. The topological polar surface area (TPSA) is 32.3 Å². The van der Waals surface area contributed by atoms with Crippen LogP contribution in [0.2, 0.25) is 0 Å². The van der Waals surface area contributed by atoms with Gasteiger partial charge in [0.1, 0.15) is 0 Å². The van der Waals surface area contributed by atoms with Gasteiger partial charge in [0, 0.05) is 11.0 Å². The molecule has 14 heavy (non-hydrogen) atoms. The summed E-state index contributed by atoms with van der Waals surface area (Å²) in [7, 11) is 0. The van der Waals surface area contributed by atoms with E-state index in [0.29, 0.717) is 6.54 Å². The second kappa shape index (κ2) is 3.61. The summed E-state index contributed by atoms with van der Waals surface area (Å²) >= 11 is 3.49. The number of benzene rings is 1. The van der Waals surface area contributed by atoms with E-state index in [-0.39, 0.29) is 5.91 Å². The van der Waals surface area contributed by atoms with E-state index in [4.69, 9.17) is 0 Å². The van der Waals surface area contributed by atoms with E-state index >= 15 is 0 Å². The zero-order chi connectivity index (χ0) is 10.1. The number of amides is 1. The van der Waals surface area contributed by atoms with Crippen molar-refractivity contribution in [3.63, 3.8) is 0 Å². The molecular formula is C10H11BrN2O. The van der Waals surface area contributed by atoms with Gasteiger partial charge < -0.3 is 10.2 Å². The molecule has 1 aromatic rings. The summed E-state index contributed by atoms with van der Waals surface area (Å²) < 4.78 is 1.02. The molecule has 0 unspecified atom stereocenters. The van der Waals surface area contributed by atoms with Gasteiger partial charge in [-0.05, 0) is 35.0 Å². The van der Waals surface area contributed by atoms with Crippen LogP contribution in [-0.4, -0.2) is 19.0 Å². The molecule has 0 aromatic heterocycles. The van der Waals surface area contributed by atoms with Crippen LogP contribution in [0, 0.1) is 0 Å².